The van der Waals surface area contributed by atoms with Crippen LogP contribution in [0.3, 0.4) is 0 Å². The molecule has 4 aliphatic heterocycles. The van der Waals surface area contributed by atoms with E-state index in [4.69, 9.17) is 14.2 Å². The fraction of sp³-hybridized carbons (Fsp3) is 0.833. The molecule has 0 saturated carbocycles. The topological polar surface area (TPSA) is 60.4 Å². The van der Waals surface area contributed by atoms with Crippen LogP contribution >= 0.6 is 11.8 Å². The molecule has 0 aliphatic carbocycles. The number of hydrogen-bond acceptors (Lipinski definition) is 6. The molecule has 0 N–H and O–H groups in total. The number of carbonyl (C=O) groups is 1. The van der Waals surface area contributed by atoms with Gasteiger partial charge in [-0.1, -0.05) is 11.8 Å². The number of ether oxygens (including phenoxy) is 3. The summed E-state index contributed by atoms with van der Waals surface area (Å²) in [5, 5.41) is 0.774. The number of amides is 1. The number of rotatable bonds is 0. The van der Waals surface area contributed by atoms with Gasteiger partial charge in [0, 0.05) is 18.7 Å². The van der Waals surface area contributed by atoms with Crippen molar-refractivity contribution in [3.8, 4) is 0 Å². The highest BCUT2D eigenvalue weighted by Gasteiger charge is 2.58. The average molecular weight is 284 g/mol. The number of thioether (sulfide) groups is 1. The van der Waals surface area contributed by atoms with E-state index in [1.165, 1.54) is 0 Å². The second-order valence-corrected chi connectivity index (χ2v) is 6.66. The Morgan fingerprint density at radius 1 is 1.37 bits per heavy atom. The first kappa shape index (κ1) is 12.1. The predicted molar refractivity (Wildman–Crippen MR) is 68.7 cm³/mol. The maximum Gasteiger partial charge on any atom is 0.249 e. The van der Waals surface area contributed by atoms with Crippen LogP contribution < -0.4 is 0 Å². The smallest absolute Gasteiger partial charge is 0.249 e. The van der Waals surface area contributed by atoms with Crippen molar-refractivity contribution < 1.29 is 19.0 Å². The van der Waals surface area contributed by atoms with E-state index in [0.29, 0.717) is 13.0 Å². The summed E-state index contributed by atoms with van der Waals surface area (Å²) in [6, 6.07) is 0. The molecule has 7 heteroatoms. The highest BCUT2D eigenvalue weighted by atomic mass is 32.2. The zero-order chi connectivity index (χ0) is 13.2. The predicted octanol–water partition coefficient (Wildman–Crippen LogP) is 0.567. The van der Waals surface area contributed by atoms with Crippen molar-refractivity contribution in [1.29, 1.82) is 0 Å². The van der Waals surface area contributed by atoms with Gasteiger partial charge < -0.3 is 19.1 Å². The Morgan fingerprint density at radius 2 is 2.16 bits per heavy atom. The molecular weight excluding hydrogens is 268 g/mol. The summed E-state index contributed by atoms with van der Waals surface area (Å²) < 4.78 is 18.0. The number of amidine groups is 1. The van der Waals surface area contributed by atoms with E-state index in [1.807, 2.05) is 13.8 Å². The number of carbonyl (C=O) groups excluding carboxylic acids is 1. The minimum absolute atomic E-state index is 0.00479. The van der Waals surface area contributed by atoms with Gasteiger partial charge in [-0.25, -0.2) is 0 Å². The molecule has 104 valence electrons. The van der Waals surface area contributed by atoms with Gasteiger partial charge in [-0.2, -0.15) is 4.99 Å². The van der Waals surface area contributed by atoms with Gasteiger partial charge in [-0.15, -0.1) is 0 Å². The highest BCUT2D eigenvalue weighted by molar-refractivity contribution is 8.13. The minimum atomic E-state index is -0.562. The molecule has 0 unspecified atom stereocenters. The molecule has 6 nitrogen and oxygen atoms in total. The molecule has 4 aliphatic rings. The Hall–Kier alpha value is -0.630. The van der Waals surface area contributed by atoms with E-state index >= 15 is 0 Å². The Balaban J connectivity index is 1.68. The molecule has 1 amide bonds. The van der Waals surface area contributed by atoms with Gasteiger partial charge in [0.15, 0.2) is 17.2 Å². The normalized spacial score (nSPS) is 43.6. The minimum Gasteiger partial charge on any atom is -0.348 e. The van der Waals surface area contributed by atoms with Crippen LogP contribution in [0.4, 0.5) is 0 Å². The maximum atomic E-state index is 11.4. The van der Waals surface area contributed by atoms with Crippen molar-refractivity contribution in [3.63, 3.8) is 0 Å². The molecule has 0 spiro atoms. The molecule has 0 aromatic rings. The third-order valence-corrected chi connectivity index (χ3v) is 4.92. The fourth-order valence-corrected chi connectivity index (χ4v) is 4.20. The third kappa shape index (κ3) is 1.83. The maximum absolute atomic E-state index is 11.4. The summed E-state index contributed by atoms with van der Waals surface area (Å²) in [6.45, 7) is 4.51. The third-order valence-electron chi connectivity index (χ3n) is 3.84. The number of nitrogens with zero attached hydrogens (tertiary/aromatic N) is 2. The van der Waals surface area contributed by atoms with Crippen molar-refractivity contribution in [2.24, 2.45) is 4.99 Å². The van der Waals surface area contributed by atoms with Crippen LogP contribution in [0, 0.1) is 0 Å². The van der Waals surface area contributed by atoms with Crippen LogP contribution in [-0.2, 0) is 19.0 Å². The lowest BCUT2D eigenvalue weighted by Crippen LogP contribution is -2.49. The van der Waals surface area contributed by atoms with E-state index in [2.05, 4.69) is 9.89 Å². The summed E-state index contributed by atoms with van der Waals surface area (Å²) in [5.74, 6) is 0.143. The van der Waals surface area contributed by atoms with Crippen LogP contribution in [0.1, 0.15) is 20.3 Å². The van der Waals surface area contributed by atoms with Crippen LogP contribution in [0.25, 0.3) is 0 Å². The van der Waals surface area contributed by atoms with E-state index in [9.17, 15) is 4.79 Å². The lowest BCUT2D eigenvalue weighted by molar-refractivity contribution is -0.196. The first-order valence-corrected chi connectivity index (χ1v) is 7.54. The molecule has 0 aromatic carbocycles. The zero-order valence-electron chi connectivity index (χ0n) is 10.9. The molecule has 4 rings (SSSR count). The molecule has 3 saturated heterocycles. The van der Waals surface area contributed by atoms with Gasteiger partial charge in [-0.3, -0.25) is 4.79 Å². The zero-order valence-corrected chi connectivity index (χ0v) is 11.7. The van der Waals surface area contributed by atoms with E-state index in [-0.39, 0.29) is 30.4 Å². The molecular formula is C12H16N2O4S. The lowest BCUT2D eigenvalue weighted by Gasteiger charge is -2.34. The molecule has 0 radical (unpaired) electrons. The summed E-state index contributed by atoms with van der Waals surface area (Å²) in [4.78, 5) is 17.6. The van der Waals surface area contributed by atoms with Crippen LogP contribution in [-0.4, -0.2) is 58.6 Å². The summed E-state index contributed by atoms with van der Waals surface area (Å²) in [5.41, 5.74) is 0. The van der Waals surface area contributed by atoms with Gasteiger partial charge in [0.05, 0.1) is 6.10 Å². The van der Waals surface area contributed by atoms with Crippen molar-refractivity contribution in [1.82, 2.24) is 4.90 Å². The summed E-state index contributed by atoms with van der Waals surface area (Å²) in [7, 11) is 0. The van der Waals surface area contributed by atoms with E-state index < -0.39 is 5.79 Å². The molecule has 4 atom stereocenters. The quantitative estimate of drug-likeness (QED) is 0.648. The largest absolute Gasteiger partial charge is 0.348 e. The molecule has 19 heavy (non-hydrogen) atoms. The van der Waals surface area contributed by atoms with Gasteiger partial charge >= 0.3 is 0 Å². The van der Waals surface area contributed by atoms with Crippen LogP contribution in [0.15, 0.2) is 4.99 Å². The van der Waals surface area contributed by atoms with Crippen LogP contribution in [0.2, 0.25) is 0 Å². The Labute approximate surface area is 115 Å². The monoisotopic (exact) mass is 284 g/mol. The standard InChI is InChI=1S/C12H16N2O4S/c1-12(2)17-8-6-5-19-11-13-7(15)3-4-14(11)10(16-6)9(8)18-12/h6,8-10H,3-5H2,1-2H3/t6-,8-,9-,10-/m0/s1. The highest BCUT2D eigenvalue weighted by Crippen LogP contribution is 2.43. The molecule has 2 bridgehead atoms. The summed E-state index contributed by atoms with van der Waals surface area (Å²) >= 11 is 1.58. The first-order valence-electron chi connectivity index (χ1n) is 6.56. The van der Waals surface area contributed by atoms with Crippen LogP contribution in [0.5, 0.6) is 0 Å². The summed E-state index contributed by atoms with van der Waals surface area (Å²) in [6.07, 6.45) is 0.144. The fourth-order valence-electron chi connectivity index (χ4n) is 3.09. The number of hydrogen-bond donors (Lipinski definition) is 0. The van der Waals surface area contributed by atoms with Gasteiger partial charge in [0.1, 0.15) is 12.2 Å². The molecule has 4 heterocycles. The van der Waals surface area contributed by atoms with Gasteiger partial charge in [-0.05, 0) is 13.8 Å². The second-order valence-electron chi connectivity index (χ2n) is 5.67. The lowest BCUT2D eigenvalue weighted by atomic mass is 10.1. The Bertz CT molecular complexity index is 467. The first-order chi connectivity index (χ1) is 9.03. The van der Waals surface area contributed by atoms with Crippen molar-refractivity contribution in [2.45, 2.75) is 50.6 Å². The SMILES string of the molecule is CC1(C)O[C@@H]2[C@H](O1)[C@@H]1O[C@H]2CSC2=NC(=O)CCN21. The van der Waals surface area contributed by atoms with E-state index in [0.717, 1.165) is 10.9 Å². The molecule has 3 fully saturated rings. The number of fused-ring (bicyclic) bond motifs is 7. The Kier molecular flexibility index (Phi) is 2.52. The Morgan fingerprint density at radius 3 is 3.00 bits per heavy atom. The van der Waals surface area contributed by atoms with Crippen molar-refractivity contribution >= 4 is 22.8 Å². The van der Waals surface area contributed by atoms with Gasteiger partial charge in [0.2, 0.25) is 5.91 Å². The molecule has 0 aromatic heterocycles. The van der Waals surface area contributed by atoms with E-state index in [1.54, 1.807) is 11.8 Å². The van der Waals surface area contributed by atoms with Gasteiger partial charge in [0.25, 0.3) is 0 Å². The van der Waals surface area contributed by atoms with Crippen molar-refractivity contribution in [2.75, 3.05) is 12.3 Å². The average Bonchev–Trinajstić information content (AvgIpc) is 2.73. The van der Waals surface area contributed by atoms with Crippen molar-refractivity contribution in [3.05, 3.63) is 0 Å². The second kappa shape index (κ2) is 3.94. The number of aliphatic imine (C=N–C) groups is 1.